The summed E-state index contributed by atoms with van der Waals surface area (Å²) < 4.78 is 0. The fraction of sp³-hybridized carbons (Fsp3) is 0.750. The van der Waals surface area contributed by atoms with E-state index in [1.54, 1.807) is 0 Å². The zero-order valence-electron chi connectivity index (χ0n) is 34.7. The van der Waals surface area contributed by atoms with Gasteiger partial charge in [-0.15, -0.1) is 47.0 Å². The van der Waals surface area contributed by atoms with Gasteiger partial charge in [0.25, 0.3) is 0 Å². The largest absolute Gasteiger partial charge is 0.355 e. The van der Waals surface area contributed by atoms with E-state index >= 15 is 0 Å². The highest BCUT2D eigenvalue weighted by Gasteiger charge is 2.28. The van der Waals surface area contributed by atoms with Gasteiger partial charge in [-0.3, -0.25) is 29.8 Å². The molecule has 54 heavy (non-hydrogen) atoms. The van der Waals surface area contributed by atoms with Crippen molar-refractivity contribution in [3.8, 4) is 0 Å². The van der Waals surface area contributed by atoms with Crippen molar-refractivity contribution in [3.63, 3.8) is 0 Å². The van der Waals surface area contributed by atoms with Crippen molar-refractivity contribution < 1.29 is 19.2 Å². The molecular formula is C40H70N6O4S4. The Morgan fingerprint density at radius 2 is 1.24 bits per heavy atom. The van der Waals surface area contributed by atoms with Crippen LogP contribution in [0, 0.1) is 23.7 Å². The lowest BCUT2D eigenvalue weighted by Crippen LogP contribution is -2.41. The maximum absolute atomic E-state index is 11.8. The van der Waals surface area contributed by atoms with Crippen molar-refractivity contribution in [2.45, 2.75) is 128 Å². The molecular weight excluding hydrogens is 757 g/mol. The minimum atomic E-state index is 0.0693. The molecule has 4 aliphatic rings. The lowest BCUT2D eigenvalue weighted by Gasteiger charge is -2.13. The van der Waals surface area contributed by atoms with Crippen LogP contribution in [0.15, 0.2) is 24.3 Å². The molecule has 308 valence electrons. The highest BCUT2D eigenvalue weighted by atomic mass is 32.2. The monoisotopic (exact) mass is 826 g/mol. The molecule has 10 nitrogen and oxygen atoms in total. The lowest BCUT2D eigenvalue weighted by molar-refractivity contribution is -0.124. The van der Waals surface area contributed by atoms with E-state index in [1.165, 1.54) is 5.56 Å². The number of rotatable bonds is 11. The van der Waals surface area contributed by atoms with Gasteiger partial charge in [0.1, 0.15) is 0 Å². The summed E-state index contributed by atoms with van der Waals surface area (Å²) in [5.41, 5.74) is 2.08. The van der Waals surface area contributed by atoms with Crippen molar-refractivity contribution in [1.29, 1.82) is 0 Å². The van der Waals surface area contributed by atoms with E-state index < -0.39 is 0 Å². The van der Waals surface area contributed by atoms with E-state index in [2.05, 4.69) is 71.7 Å². The van der Waals surface area contributed by atoms with Crippen molar-refractivity contribution in [2.24, 2.45) is 23.7 Å². The first-order chi connectivity index (χ1) is 25.4. The number of hydrogen-bond acceptors (Lipinski definition) is 12. The summed E-state index contributed by atoms with van der Waals surface area (Å²) in [4.78, 5) is 45.7. The number of Topliss-reactive ketones (excluding diaryl/α,β-unsaturated/α-hetero) is 2. The van der Waals surface area contributed by atoms with Crippen LogP contribution in [-0.2, 0) is 14.4 Å². The molecule has 0 spiro atoms. The molecule has 4 saturated heterocycles. The Bertz CT molecular complexity index is 1260. The summed E-state index contributed by atoms with van der Waals surface area (Å²) in [7, 11) is 0. The van der Waals surface area contributed by atoms with Crippen molar-refractivity contribution in [3.05, 3.63) is 35.4 Å². The predicted molar refractivity (Wildman–Crippen MR) is 235 cm³/mol. The fourth-order valence-electron chi connectivity index (χ4n) is 5.59. The minimum Gasteiger partial charge on any atom is -0.355 e. The standard InChI is InChI=1S/C14H19NOS.2C9H18N2OS.C8H15NOS/c1-9(2)13(16)11-4-6-12(7-5-11)14-15-10(3)8-17-14;1-6(2)9(12)10-4-8-5-13-7(3)11-8;1-6(2)9(12)11-5-8-4-10-7(3)13-8;1-5(2)8(10)7-4-11-6(3)9-7/h4-7,9-10,14-15H,8H2,1-3H3;6-8,11H,4-5H2,1-3H3,(H,10,12);6-8,10H,4-5H2,1-3H3,(H,11,12);5-7,9H,4H2,1-3H3. The lowest BCUT2D eigenvalue weighted by atomic mass is 10.00. The molecule has 0 aliphatic carbocycles. The maximum atomic E-state index is 11.8. The normalized spacial score (nSPS) is 27.5. The SMILES string of the molecule is CC1CSC(c2ccc(C(=O)C(C)C)cc2)N1.CC1NC(C(=O)C(C)C)CS1.CC1NC(CNC(=O)C(C)C)CS1.CC1NCC(CNC(=O)C(C)C)S1. The molecule has 8 unspecified atom stereocenters. The van der Waals surface area contributed by atoms with Gasteiger partial charge in [0.15, 0.2) is 11.6 Å². The van der Waals surface area contributed by atoms with Gasteiger partial charge in [-0.2, -0.15) is 0 Å². The Morgan fingerprint density at radius 1 is 0.667 bits per heavy atom. The fourth-order valence-corrected chi connectivity index (χ4v) is 10.0. The zero-order valence-corrected chi connectivity index (χ0v) is 38.0. The Kier molecular flexibility index (Phi) is 22.8. The molecule has 0 aromatic heterocycles. The van der Waals surface area contributed by atoms with E-state index in [9.17, 15) is 19.2 Å². The average molecular weight is 827 g/mol. The van der Waals surface area contributed by atoms with Gasteiger partial charge in [0.2, 0.25) is 11.8 Å². The van der Waals surface area contributed by atoms with Crippen LogP contribution in [0.3, 0.4) is 0 Å². The van der Waals surface area contributed by atoms with E-state index in [0.717, 1.165) is 42.5 Å². The van der Waals surface area contributed by atoms with Crippen molar-refractivity contribution in [2.75, 3.05) is 36.9 Å². The van der Waals surface area contributed by atoms with Crippen LogP contribution in [0.1, 0.15) is 104 Å². The second-order valence-corrected chi connectivity index (χ2v) is 21.2. The van der Waals surface area contributed by atoms with E-state index in [4.69, 9.17) is 0 Å². The number of nitrogens with one attached hydrogen (secondary N) is 6. The third-order valence-corrected chi connectivity index (χ3v) is 14.1. The molecule has 4 heterocycles. The molecule has 1 aromatic carbocycles. The number of thioether (sulfide) groups is 4. The van der Waals surface area contributed by atoms with Gasteiger partial charge in [0, 0.05) is 83.5 Å². The van der Waals surface area contributed by atoms with Gasteiger partial charge in [-0.1, -0.05) is 79.7 Å². The summed E-state index contributed by atoms with van der Waals surface area (Å²) in [6.45, 7) is 26.6. The third kappa shape index (κ3) is 18.3. The van der Waals surface area contributed by atoms with Crippen molar-refractivity contribution >= 4 is 70.4 Å². The second-order valence-electron chi connectivity index (χ2n) is 15.6. The zero-order chi connectivity index (χ0) is 40.5. The number of hydrogen-bond donors (Lipinski definition) is 6. The number of benzene rings is 1. The Balaban J connectivity index is 0.000000252. The first-order valence-corrected chi connectivity index (χ1v) is 23.7. The van der Waals surface area contributed by atoms with Crippen LogP contribution in [0.5, 0.6) is 0 Å². The van der Waals surface area contributed by atoms with Gasteiger partial charge < -0.3 is 21.3 Å². The molecule has 4 fully saturated rings. The van der Waals surface area contributed by atoms with Crippen LogP contribution in [0.4, 0.5) is 0 Å². The van der Waals surface area contributed by atoms with E-state index in [-0.39, 0.29) is 47.3 Å². The summed E-state index contributed by atoms with van der Waals surface area (Å²) in [5, 5.41) is 21.8. The molecule has 0 radical (unpaired) electrons. The van der Waals surface area contributed by atoms with Crippen LogP contribution in [0.25, 0.3) is 0 Å². The number of carbonyl (C=O) groups excluding carboxylic acids is 4. The number of amides is 2. The first kappa shape index (κ1) is 48.9. The van der Waals surface area contributed by atoms with Crippen LogP contribution in [0.2, 0.25) is 0 Å². The highest BCUT2D eigenvalue weighted by Crippen LogP contribution is 2.32. The number of carbonyl (C=O) groups is 4. The molecule has 5 rings (SSSR count). The quantitative estimate of drug-likeness (QED) is 0.143. The van der Waals surface area contributed by atoms with Crippen molar-refractivity contribution in [1.82, 2.24) is 31.9 Å². The van der Waals surface area contributed by atoms with E-state index in [0.29, 0.717) is 44.6 Å². The molecule has 14 heteroatoms. The van der Waals surface area contributed by atoms with Crippen LogP contribution < -0.4 is 31.9 Å². The highest BCUT2D eigenvalue weighted by molar-refractivity contribution is 8.01. The Morgan fingerprint density at radius 3 is 1.67 bits per heavy atom. The van der Waals surface area contributed by atoms with Gasteiger partial charge in [-0.05, 0) is 33.3 Å². The smallest absolute Gasteiger partial charge is 0.222 e. The second kappa shape index (κ2) is 25.2. The van der Waals surface area contributed by atoms with Gasteiger partial charge in [0.05, 0.1) is 27.5 Å². The molecule has 1 aromatic rings. The topological polar surface area (TPSA) is 140 Å². The summed E-state index contributed by atoms with van der Waals surface area (Å²) in [6, 6.07) is 9.15. The Hall–Kier alpha value is -1.26. The maximum Gasteiger partial charge on any atom is 0.222 e. The molecule has 0 saturated carbocycles. The molecule has 0 bridgehead atoms. The summed E-state index contributed by atoms with van der Waals surface area (Å²) >= 11 is 7.54. The predicted octanol–water partition coefficient (Wildman–Crippen LogP) is 6.13. The molecule has 4 aliphatic heterocycles. The van der Waals surface area contributed by atoms with Gasteiger partial charge >= 0.3 is 0 Å². The number of ketones is 2. The summed E-state index contributed by atoms with van der Waals surface area (Å²) in [5.74, 6) is 4.47. The van der Waals surface area contributed by atoms with Crippen LogP contribution in [-0.4, -0.2) is 99.8 Å². The average Bonchev–Trinajstić information content (AvgIpc) is 3.95. The summed E-state index contributed by atoms with van der Waals surface area (Å²) in [6.07, 6.45) is 0. The molecule has 6 N–H and O–H groups in total. The first-order valence-electron chi connectivity index (χ1n) is 19.6. The third-order valence-electron chi connectivity index (χ3n) is 8.96. The van der Waals surface area contributed by atoms with E-state index in [1.807, 2.05) is 115 Å². The van der Waals surface area contributed by atoms with Crippen LogP contribution >= 0.6 is 47.0 Å². The molecule has 8 atom stereocenters. The molecule has 2 amide bonds. The minimum absolute atomic E-state index is 0.0693. The Labute approximate surface area is 343 Å². The van der Waals surface area contributed by atoms with Gasteiger partial charge in [-0.25, -0.2) is 0 Å².